The molecule has 0 aliphatic rings. The van der Waals surface area contributed by atoms with Crippen LogP contribution < -0.4 is 5.32 Å². The van der Waals surface area contributed by atoms with Crippen LogP contribution in [0.25, 0.3) is 0 Å². The molecule has 0 fully saturated rings. The van der Waals surface area contributed by atoms with Crippen LogP contribution in [0, 0.1) is 0 Å². The molecule has 0 aliphatic heterocycles. The third-order valence-electron chi connectivity index (χ3n) is 2.04. The number of amides is 1. The Bertz CT molecular complexity index is 510. The Morgan fingerprint density at radius 2 is 2.12 bits per heavy atom. The van der Waals surface area contributed by atoms with E-state index in [0.717, 1.165) is 6.26 Å². The molecule has 0 aliphatic carbocycles. The number of phenolic OH excluding ortho intramolecular Hbond substituents is 1. The van der Waals surface area contributed by atoms with Gasteiger partial charge in [-0.2, -0.15) is 0 Å². The summed E-state index contributed by atoms with van der Waals surface area (Å²) in [5, 5.41) is 11.8. The van der Waals surface area contributed by atoms with Gasteiger partial charge in [-0.3, -0.25) is 4.79 Å². The van der Waals surface area contributed by atoms with Crippen molar-refractivity contribution in [2.24, 2.45) is 0 Å². The van der Waals surface area contributed by atoms with Crippen LogP contribution in [0.15, 0.2) is 24.3 Å². The summed E-state index contributed by atoms with van der Waals surface area (Å²) in [6.07, 6.45) is 1.12. The van der Waals surface area contributed by atoms with Crippen LogP contribution in [-0.4, -0.2) is 37.5 Å². The van der Waals surface area contributed by atoms with Gasteiger partial charge in [0.15, 0.2) is 0 Å². The first-order chi connectivity index (χ1) is 7.78. The summed E-state index contributed by atoms with van der Waals surface area (Å²) >= 11 is 0. The van der Waals surface area contributed by atoms with Crippen molar-refractivity contribution in [3.8, 4) is 5.75 Å². The number of aromatic hydroxyl groups is 1. The van der Waals surface area contributed by atoms with Crippen molar-refractivity contribution >= 4 is 15.7 Å². The molecule has 6 heteroatoms. The summed E-state index contributed by atoms with van der Waals surface area (Å²) in [5.74, 6) is -0.525. The van der Waals surface area contributed by atoms with Gasteiger partial charge in [-0.1, -0.05) is 6.07 Å². The van der Waals surface area contributed by atoms with Gasteiger partial charge >= 0.3 is 0 Å². The topological polar surface area (TPSA) is 83.5 Å². The Morgan fingerprint density at radius 3 is 2.65 bits per heavy atom. The SMILES string of the molecule is CC(CS(C)(=O)=O)NC(=O)c1cccc(O)c1. The first kappa shape index (κ1) is 13.5. The summed E-state index contributed by atoms with van der Waals surface area (Å²) in [4.78, 5) is 11.7. The first-order valence-electron chi connectivity index (χ1n) is 5.05. The average Bonchev–Trinajstić information content (AvgIpc) is 2.14. The summed E-state index contributed by atoms with van der Waals surface area (Å²) in [6.45, 7) is 1.61. The molecule has 1 aromatic rings. The number of carbonyl (C=O) groups excluding carboxylic acids is 1. The Labute approximate surface area is 100 Å². The van der Waals surface area contributed by atoms with Gasteiger partial charge in [0.25, 0.3) is 5.91 Å². The number of nitrogens with one attached hydrogen (secondary N) is 1. The second-order valence-electron chi connectivity index (χ2n) is 4.02. The lowest BCUT2D eigenvalue weighted by Crippen LogP contribution is -2.37. The van der Waals surface area contributed by atoms with Crippen LogP contribution in [0.3, 0.4) is 0 Å². The molecule has 0 heterocycles. The molecule has 0 saturated heterocycles. The monoisotopic (exact) mass is 257 g/mol. The molecular formula is C11H15NO4S. The summed E-state index contributed by atoms with van der Waals surface area (Å²) in [6, 6.07) is 5.40. The summed E-state index contributed by atoms with van der Waals surface area (Å²) < 4.78 is 22.0. The maximum Gasteiger partial charge on any atom is 0.251 e. The number of sulfone groups is 1. The van der Waals surface area contributed by atoms with E-state index in [9.17, 15) is 18.3 Å². The number of carbonyl (C=O) groups is 1. The molecule has 0 bridgehead atoms. The van der Waals surface area contributed by atoms with E-state index in [1.54, 1.807) is 19.1 Å². The van der Waals surface area contributed by atoms with Crippen molar-refractivity contribution in [3.63, 3.8) is 0 Å². The number of rotatable bonds is 4. The number of benzene rings is 1. The van der Waals surface area contributed by atoms with Crippen molar-refractivity contribution in [3.05, 3.63) is 29.8 Å². The zero-order valence-electron chi connectivity index (χ0n) is 9.67. The highest BCUT2D eigenvalue weighted by molar-refractivity contribution is 7.90. The Balaban J connectivity index is 2.67. The van der Waals surface area contributed by atoms with Gasteiger partial charge in [0, 0.05) is 17.9 Å². The molecule has 1 atom stereocenters. The molecule has 1 unspecified atom stereocenters. The third kappa shape index (κ3) is 4.86. The van der Waals surface area contributed by atoms with E-state index in [2.05, 4.69) is 5.32 Å². The van der Waals surface area contributed by atoms with E-state index in [-0.39, 0.29) is 11.5 Å². The van der Waals surface area contributed by atoms with Gasteiger partial charge in [-0.05, 0) is 25.1 Å². The van der Waals surface area contributed by atoms with Crippen LogP contribution in [-0.2, 0) is 9.84 Å². The molecule has 0 saturated carbocycles. The minimum absolute atomic E-state index is 0.00610. The maximum absolute atomic E-state index is 11.7. The second kappa shape index (κ2) is 5.18. The third-order valence-corrected chi connectivity index (χ3v) is 3.14. The Morgan fingerprint density at radius 1 is 1.47 bits per heavy atom. The molecule has 2 N–H and O–H groups in total. The van der Waals surface area contributed by atoms with Gasteiger partial charge in [0.05, 0.1) is 5.75 Å². The van der Waals surface area contributed by atoms with Gasteiger partial charge in [0.2, 0.25) is 0 Å². The standard InChI is InChI=1S/C11H15NO4S/c1-8(7-17(2,15)16)12-11(14)9-4-3-5-10(13)6-9/h3-6,8,13H,7H2,1-2H3,(H,12,14). The molecule has 17 heavy (non-hydrogen) atoms. The van der Waals surface area contributed by atoms with Gasteiger partial charge in [-0.15, -0.1) is 0 Å². The first-order valence-corrected chi connectivity index (χ1v) is 7.11. The molecule has 94 valence electrons. The van der Waals surface area contributed by atoms with Crippen LogP contribution >= 0.6 is 0 Å². The summed E-state index contributed by atoms with van der Waals surface area (Å²) in [5.41, 5.74) is 0.297. The van der Waals surface area contributed by atoms with Crippen molar-refractivity contribution in [1.29, 1.82) is 0 Å². The van der Waals surface area contributed by atoms with Gasteiger partial charge < -0.3 is 10.4 Å². The molecule has 1 rings (SSSR count). The van der Waals surface area contributed by atoms with Crippen LogP contribution in [0.2, 0.25) is 0 Å². The predicted octanol–water partition coefficient (Wildman–Crippen LogP) is 0.555. The number of phenols is 1. The fourth-order valence-electron chi connectivity index (χ4n) is 1.45. The quantitative estimate of drug-likeness (QED) is 0.825. The van der Waals surface area contributed by atoms with E-state index >= 15 is 0 Å². The number of hydrogen-bond acceptors (Lipinski definition) is 4. The minimum atomic E-state index is -3.12. The molecular weight excluding hydrogens is 242 g/mol. The van der Waals surface area contributed by atoms with E-state index in [1.165, 1.54) is 12.1 Å². The van der Waals surface area contributed by atoms with E-state index in [4.69, 9.17) is 0 Å². The fraction of sp³-hybridized carbons (Fsp3) is 0.364. The van der Waals surface area contributed by atoms with Crippen LogP contribution in [0.5, 0.6) is 5.75 Å². The smallest absolute Gasteiger partial charge is 0.251 e. The summed E-state index contributed by atoms with van der Waals surface area (Å²) in [7, 11) is -3.12. The van der Waals surface area contributed by atoms with Crippen molar-refractivity contribution in [2.75, 3.05) is 12.0 Å². The average molecular weight is 257 g/mol. The molecule has 1 amide bonds. The lowest BCUT2D eigenvalue weighted by molar-refractivity contribution is 0.0943. The fourth-order valence-corrected chi connectivity index (χ4v) is 2.44. The maximum atomic E-state index is 11.7. The molecule has 0 spiro atoms. The second-order valence-corrected chi connectivity index (χ2v) is 6.20. The molecule has 5 nitrogen and oxygen atoms in total. The van der Waals surface area contributed by atoms with Crippen molar-refractivity contribution in [2.45, 2.75) is 13.0 Å². The highest BCUT2D eigenvalue weighted by Gasteiger charge is 2.14. The zero-order valence-corrected chi connectivity index (χ0v) is 10.5. The molecule has 0 aromatic heterocycles. The van der Waals surface area contributed by atoms with Crippen LogP contribution in [0.4, 0.5) is 0 Å². The van der Waals surface area contributed by atoms with E-state index in [1.807, 2.05) is 0 Å². The Hall–Kier alpha value is -1.56. The predicted molar refractivity (Wildman–Crippen MR) is 64.7 cm³/mol. The highest BCUT2D eigenvalue weighted by Crippen LogP contribution is 2.10. The van der Waals surface area contributed by atoms with Crippen LogP contribution in [0.1, 0.15) is 17.3 Å². The molecule has 0 radical (unpaired) electrons. The van der Waals surface area contributed by atoms with Gasteiger partial charge in [0.1, 0.15) is 15.6 Å². The Kier molecular flexibility index (Phi) is 4.11. The van der Waals surface area contributed by atoms with Crippen molar-refractivity contribution < 1.29 is 18.3 Å². The lowest BCUT2D eigenvalue weighted by Gasteiger charge is -2.12. The van der Waals surface area contributed by atoms with Gasteiger partial charge in [-0.25, -0.2) is 8.42 Å². The number of hydrogen-bond donors (Lipinski definition) is 2. The largest absolute Gasteiger partial charge is 0.508 e. The molecule has 1 aromatic carbocycles. The zero-order chi connectivity index (χ0) is 13.1. The lowest BCUT2D eigenvalue weighted by atomic mass is 10.2. The normalized spacial score (nSPS) is 13.1. The van der Waals surface area contributed by atoms with E-state index in [0.29, 0.717) is 5.56 Å². The van der Waals surface area contributed by atoms with E-state index < -0.39 is 21.8 Å². The highest BCUT2D eigenvalue weighted by atomic mass is 32.2. The van der Waals surface area contributed by atoms with Crippen molar-refractivity contribution in [1.82, 2.24) is 5.32 Å². The minimum Gasteiger partial charge on any atom is -0.508 e.